The second-order valence-electron chi connectivity index (χ2n) is 9.81. The summed E-state index contributed by atoms with van der Waals surface area (Å²) in [7, 11) is -4.00. The Labute approximate surface area is 185 Å². The van der Waals surface area contributed by atoms with E-state index in [2.05, 4.69) is 12.0 Å². The quantitative estimate of drug-likeness (QED) is 0.586. The second-order valence-corrected chi connectivity index (χ2v) is 11.4. The highest BCUT2D eigenvalue weighted by atomic mass is 32.2. The number of benzene rings is 1. The summed E-state index contributed by atoms with van der Waals surface area (Å²) in [6.45, 7) is 10.1. The van der Waals surface area contributed by atoms with Crippen molar-refractivity contribution in [3.63, 3.8) is 0 Å². The number of aryl methyl sites for hydroxylation is 2. The summed E-state index contributed by atoms with van der Waals surface area (Å²) < 4.78 is 33.8. The Hall–Kier alpha value is -2.15. The topological polar surface area (TPSA) is 78.3 Å². The van der Waals surface area contributed by atoms with Crippen molar-refractivity contribution in [3.05, 3.63) is 41.1 Å². The Morgan fingerprint density at radius 2 is 2.00 bits per heavy atom. The number of Topliss-reactive ketones (excluding diaryl/α,β-unsaturated/α-hetero) is 1. The van der Waals surface area contributed by atoms with E-state index in [0.29, 0.717) is 12.8 Å². The first-order valence-electron chi connectivity index (χ1n) is 11.1. The molecule has 0 N–H and O–H groups in total. The molecule has 0 aliphatic heterocycles. The van der Waals surface area contributed by atoms with Gasteiger partial charge in [-0.1, -0.05) is 39.3 Å². The molecule has 2 atom stereocenters. The van der Waals surface area contributed by atoms with Crippen molar-refractivity contribution in [1.29, 1.82) is 0 Å². The van der Waals surface area contributed by atoms with Gasteiger partial charge in [0.1, 0.15) is 5.78 Å². The molecule has 1 heterocycles. The molecule has 2 bridgehead atoms. The molecular weight excluding hydrogens is 412 g/mol. The van der Waals surface area contributed by atoms with Gasteiger partial charge in [0.25, 0.3) is 0 Å². The Morgan fingerprint density at radius 3 is 2.61 bits per heavy atom. The third-order valence-corrected chi connectivity index (χ3v) is 9.08. The summed E-state index contributed by atoms with van der Waals surface area (Å²) in [5.41, 5.74) is 2.50. The standard InChI is InChI=1S/C24H32N2O4S/c1-6-8-19-14-22(26(25-19)20-10-7-9-16(2)17(20)3)30-31(28,29)15-24-12-11-18(13-21(24)27)23(24,4)5/h7,9-10,14,18H,6,8,11-13,15H2,1-5H3. The average Bonchev–Trinajstić information content (AvgIpc) is 3.22. The first kappa shape index (κ1) is 22.1. The maximum absolute atomic E-state index is 13.3. The predicted octanol–water partition coefficient (Wildman–Crippen LogP) is 4.55. The number of carbonyl (C=O) groups excluding carboxylic acids is 1. The number of rotatable bonds is 7. The van der Waals surface area contributed by atoms with Gasteiger partial charge >= 0.3 is 10.1 Å². The molecule has 2 aliphatic rings. The van der Waals surface area contributed by atoms with Crippen molar-refractivity contribution < 1.29 is 17.4 Å². The predicted molar refractivity (Wildman–Crippen MR) is 120 cm³/mol. The third-order valence-electron chi connectivity index (χ3n) is 7.81. The van der Waals surface area contributed by atoms with Crippen LogP contribution in [0, 0.1) is 30.6 Å². The number of fused-ring (bicyclic) bond motifs is 2. The largest absolute Gasteiger partial charge is 0.361 e. The van der Waals surface area contributed by atoms with Gasteiger partial charge in [-0.25, -0.2) is 0 Å². The zero-order valence-electron chi connectivity index (χ0n) is 19.1. The molecule has 2 aliphatic carbocycles. The highest BCUT2D eigenvalue weighted by Gasteiger charge is 2.65. The lowest BCUT2D eigenvalue weighted by molar-refractivity contribution is -0.128. The first-order valence-corrected chi connectivity index (χ1v) is 12.7. The highest BCUT2D eigenvalue weighted by molar-refractivity contribution is 7.87. The Morgan fingerprint density at radius 1 is 1.26 bits per heavy atom. The molecule has 1 aromatic carbocycles. The molecule has 0 radical (unpaired) electrons. The summed E-state index contributed by atoms with van der Waals surface area (Å²) >= 11 is 0. The van der Waals surface area contributed by atoms with E-state index in [9.17, 15) is 13.2 Å². The number of hydrogen-bond acceptors (Lipinski definition) is 5. The minimum absolute atomic E-state index is 0.0654. The van der Waals surface area contributed by atoms with Crippen LogP contribution in [0.2, 0.25) is 0 Å². The van der Waals surface area contributed by atoms with E-state index in [1.54, 1.807) is 10.7 Å². The van der Waals surface area contributed by atoms with Gasteiger partial charge in [-0.05, 0) is 61.6 Å². The van der Waals surface area contributed by atoms with E-state index < -0.39 is 15.5 Å². The van der Waals surface area contributed by atoms with Gasteiger partial charge in [-0.3, -0.25) is 4.79 Å². The molecule has 1 aromatic heterocycles. The van der Waals surface area contributed by atoms with Crippen LogP contribution < -0.4 is 4.18 Å². The Balaban J connectivity index is 1.70. The van der Waals surface area contributed by atoms with Crippen molar-refractivity contribution in [2.75, 3.05) is 5.75 Å². The van der Waals surface area contributed by atoms with Gasteiger partial charge in [-0.15, -0.1) is 0 Å². The number of aromatic nitrogens is 2. The van der Waals surface area contributed by atoms with Crippen LogP contribution >= 0.6 is 0 Å². The van der Waals surface area contributed by atoms with Gasteiger partial charge in [0, 0.05) is 12.5 Å². The lowest BCUT2D eigenvalue weighted by Crippen LogP contribution is -2.43. The van der Waals surface area contributed by atoms with Crippen molar-refractivity contribution in [2.45, 2.75) is 66.7 Å². The molecule has 31 heavy (non-hydrogen) atoms. The van der Waals surface area contributed by atoms with E-state index >= 15 is 0 Å². The van der Waals surface area contributed by atoms with Crippen LogP contribution in [0.5, 0.6) is 5.88 Å². The van der Waals surface area contributed by atoms with Crippen LogP contribution in [0.1, 0.15) is 63.3 Å². The minimum Gasteiger partial charge on any atom is -0.361 e. The maximum atomic E-state index is 13.3. The number of nitrogens with zero attached hydrogens (tertiary/aromatic N) is 2. The summed E-state index contributed by atoms with van der Waals surface area (Å²) in [6, 6.07) is 7.55. The summed E-state index contributed by atoms with van der Waals surface area (Å²) in [5, 5.41) is 4.64. The van der Waals surface area contributed by atoms with Crippen LogP contribution in [0.3, 0.4) is 0 Å². The number of ketones is 1. The van der Waals surface area contributed by atoms with Crippen molar-refractivity contribution >= 4 is 15.9 Å². The van der Waals surface area contributed by atoms with Gasteiger partial charge in [0.15, 0.2) is 0 Å². The molecule has 0 amide bonds. The van der Waals surface area contributed by atoms with Crippen LogP contribution in [0.15, 0.2) is 24.3 Å². The average molecular weight is 445 g/mol. The fourth-order valence-electron chi connectivity index (χ4n) is 5.56. The van der Waals surface area contributed by atoms with E-state index in [4.69, 9.17) is 4.18 Å². The molecule has 2 fully saturated rings. The second kappa shape index (κ2) is 7.47. The van der Waals surface area contributed by atoms with E-state index in [0.717, 1.165) is 41.8 Å². The van der Waals surface area contributed by atoms with Gasteiger partial charge in [0.2, 0.25) is 5.88 Å². The fraction of sp³-hybridized carbons (Fsp3) is 0.583. The van der Waals surface area contributed by atoms with E-state index in [-0.39, 0.29) is 28.7 Å². The molecular formula is C24H32N2O4S. The molecule has 4 rings (SSSR count). The van der Waals surface area contributed by atoms with Crippen molar-refractivity contribution in [2.24, 2.45) is 16.7 Å². The molecule has 7 heteroatoms. The summed E-state index contributed by atoms with van der Waals surface area (Å²) in [6.07, 6.45) is 3.61. The Bertz CT molecular complexity index is 1130. The third kappa shape index (κ3) is 3.51. The van der Waals surface area contributed by atoms with Gasteiger partial charge in [-0.2, -0.15) is 18.2 Å². The van der Waals surface area contributed by atoms with Crippen molar-refractivity contribution in [1.82, 2.24) is 9.78 Å². The summed E-state index contributed by atoms with van der Waals surface area (Å²) in [4.78, 5) is 12.8. The van der Waals surface area contributed by atoms with E-state index in [1.165, 1.54) is 0 Å². The molecule has 6 nitrogen and oxygen atoms in total. The zero-order valence-corrected chi connectivity index (χ0v) is 19.9. The molecule has 2 aromatic rings. The Kier molecular flexibility index (Phi) is 5.31. The smallest absolute Gasteiger partial charge is 0.311 e. The fourth-order valence-corrected chi connectivity index (χ4v) is 7.27. The molecule has 0 saturated heterocycles. The lowest BCUT2D eigenvalue weighted by Gasteiger charge is -2.35. The summed E-state index contributed by atoms with van der Waals surface area (Å²) in [5.74, 6) is 0.234. The van der Waals surface area contributed by atoms with Gasteiger partial charge < -0.3 is 4.18 Å². The number of carbonyl (C=O) groups is 1. The van der Waals surface area contributed by atoms with Crippen LogP contribution in [-0.4, -0.2) is 29.7 Å². The normalized spacial score (nSPS) is 24.7. The number of hydrogen-bond donors (Lipinski definition) is 0. The van der Waals surface area contributed by atoms with Gasteiger partial charge in [0.05, 0.1) is 22.5 Å². The van der Waals surface area contributed by atoms with Crippen LogP contribution in [0.4, 0.5) is 0 Å². The monoisotopic (exact) mass is 444 g/mol. The highest BCUT2D eigenvalue weighted by Crippen LogP contribution is 2.64. The molecule has 2 saturated carbocycles. The van der Waals surface area contributed by atoms with Crippen molar-refractivity contribution in [3.8, 4) is 11.6 Å². The maximum Gasteiger partial charge on any atom is 0.311 e. The lowest BCUT2D eigenvalue weighted by atomic mass is 9.70. The SMILES string of the molecule is CCCc1cc(OS(=O)(=O)CC23CCC(CC2=O)C3(C)C)n(-c2cccc(C)c2C)n1. The first-order chi connectivity index (χ1) is 14.5. The zero-order chi connectivity index (χ0) is 22.6. The molecule has 0 spiro atoms. The van der Waals surface area contributed by atoms with E-state index in [1.807, 2.05) is 45.9 Å². The van der Waals surface area contributed by atoms with Crippen LogP contribution in [-0.2, 0) is 21.3 Å². The van der Waals surface area contributed by atoms with Crippen LogP contribution in [0.25, 0.3) is 5.69 Å². The molecule has 168 valence electrons. The molecule has 2 unspecified atom stereocenters. The minimum atomic E-state index is -4.00.